The minimum atomic E-state index is -0.831. The van der Waals surface area contributed by atoms with Gasteiger partial charge < -0.3 is 19.8 Å². The molecule has 0 radical (unpaired) electrons. The third-order valence-electron chi connectivity index (χ3n) is 4.42. The van der Waals surface area contributed by atoms with E-state index < -0.39 is 29.7 Å². The molecule has 0 spiro atoms. The van der Waals surface area contributed by atoms with Crippen LogP contribution in [-0.2, 0) is 20.9 Å². The molecule has 0 aliphatic rings. The molecular formula is C21H19BrN4O6. The Bertz CT molecular complexity index is 1280. The van der Waals surface area contributed by atoms with Crippen LogP contribution in [0, 0.1) is 0 Å². The Kier molecular flexibility index (Phi) is 7.11. The van der Waals surface area contributed by atoms with Crippen molar-refractivity contribution < 1.29 is 18.7 Å². The topological polar surface area (TPSA) is 141 Å². The second kappa shape index (κ2) is 9.96. The number of ether oxygens (including phenoxy) is 1. The highest BCUT2D eigenvalue weighted by Gasteiger charge is 2.21. The van der Waals surface area contributed by atoms with E-state index >= 15 is 0 Å². The Hall–Kier alpha value is -3.86. The Morgan fingerprint density at radius 1 is 1.22 bits per heavy atom. The number of hydrogen-bond donors (Lipinski definition) is 2. The van der Waals surface area contributed by atoms with Crippen molar-refractivity contribution in [3.63, 3.8) is 0 Å². The molecule has 0 fully saturated rings. The van der Waals surface area contributed by atoms with E-state index in [0.717, 1.165) is 21.1 Å². The first-order valence-corrected chi connectivity index (χ1v) is 10.1. The summed E-state index contributed by atoms with van der Waals surface area (Å²) in [5.41, 5.74) is 5.07. The van der Waals surface area contributed by atoms with Crippen LogP contribution in [0.15, 0.2) is 67.2 Å². The summed E-state index contributed by atoms with van der Waals surface area (Å²) in [5, 5.41) is 0. The smallest absolute Gasteiger partial charge is 0.331 e. The molecule has 1 aromatic carbocycles. The van der Waals surface area contributed by atoms with Crippen molar-refractivity contribution in [2.24, 2.45) is 0 Å². The lowest BCUT2D eigenvalue weighted by molar-refractivity contribution is -0.142. The number of likely N-dealkylation sites (N-methyl/N-ethyl adjacent to an activating group) is 1. The number of hydrogen-bond acceptors (Lipinski definition) is 7. The number of aromatic amines is 1. The maximum atomic E-state index is 12.5. The highest BCUT2D eigenvalue weighted by molar-refractivity contribution is 9.10. The highest BCUT2D eigenvalue weighted by Crippen LogP contribution is 2.17. The van der Waals surface area contributed by atoms with E-state index in [1.54, 1.807) is 36.4 Å². The van der Waals surface area contributed by atoms with Crippen molar-refractivity contribution in [2.45, 2.75) is 6.54 Å². The molecule has 0 saturated heterocycles. The molecule has 11 heteroatoms. The minimum Gasteiger partial charge on any atom is -0.452 e. The fourth-order valence-electron chi connectivity index (χ4n) is 2.80. The van der Waals surface area contributed by atoms with Crippen LogP contribution >= 0.6 is 15.9 Å². The van der Waals surface area contributed by atoms with Gasteiger partial charge in [-0.05, 0) is 39.7 Å². The number of benzene rings is 1. The predicted octanol–water partition coefficient (Wildman–Crippen LogP) is 1.74. The third-order valence-corrected chi connectivity index (χ3v) is 4.85. The van der Waals surface area contributed by atoms with E-state index in [-0.39, 0.29) is 18.1 Å². The van der Waals surface area contributed by atoms with Gasteiger partial charge in [0.2, 0.25) is 0 Å². The summed E-state index contributed by atoms with van der Waals surface area (Å²) in [4.78, 5) is 52.0. The number of H-pyrrole nitrogens is 1. The number of aromatic nitrogens is 2. The average molecular weight is 503 g/mol. The molecule has 32 heavy (non-hydrogen) atoms. The monoisotopic (exact) mass is 502 g/mol. The number of nitrogens with one attached hydrogen (secondary N) is 1. The quantitative estimate of drug-likeness (QED) is 0.370. The van der Waals surface area contributed by atoms with Crippen molar-refractivity contribution in [2.75, 3.05) is 24.3 Å². The van der Waals surface area contributed by atoms with E-state index in [1.165, 1.54) is 13.1 Å². The second-order valence-corrected chi connectivity index (χ2v) is 7.38. The zero-order chi connectivity index (χ0) is 23.3. The Balaban J connectivity index is 1.72. The van der Waals surface area contributed by atoms with E-state index in [2.05, 4.69) is 20.9 Å². The Morgan fingerprint density at radius 2 is 1.94 bits per heavy atom. The largest absolute Gasteiger partial charge is 0.452 e. The first-order chi connectivity index (χ1) is 15.3. The maximum Gasteiger partial charge on any atom is 0.331 e. The van der Waals surface area contributed by atoms with Crippen LogP contribution in [-0.4, -0.2) is 35.1 Å². The highest BCUT2D eigenvalue weighted by atomic mass is 79.9. The van der Waals surface area contributed by atoms with Crippen molar-refractivity contribution in [1.82, 2.24) is 9.55 Å². The lowest BCUT2D eigenvalue weighted by Crippen LogP contribution is -2.40. The summed E-state index contributed by atoms with van der Waals surface area (Å²) < 4.78 is 11.8. The van der Waals surface area contributed by atoms with Crippen LogP contribution in [0.1, 0.15) is 11.3 Å². The fraction of sp³-hybridized carbons (Fsp3) is 0.143. The molecule has 0 aliphatic carbocycles. The minimum absolute atomic E-state index is 0.0972. The number of nitrogens with two attached hydrogens (primary N) is 1. The molecule has 3 aromatic rings. The predicted molar refractivity (Wildman–Crippen MR) is 121 cm³/mol. The number of nitrogens with zero attached hydrogens (tertiary/aromatic N) is 2. The number of carbonyl (C=O) groups excluding carboxylic acids is 2. The van der Waals surface area contributed by atoms with Crippen LogP contribution in [0.25, 0.3) is 6.08 Å². The number of halogens is 1. The van der Waals surface area contributed by atoms with Gasteiger partial charge in [-0.15, -0.1) is 0 Å². The SMILES string of the molecule is CN(C(=O)COC(=O)/C=C/c1ccc(Br)o1)c1c(N)n(Cc2ccccc2)c(=O)[nH]c1=O. The van der Waals surface area contributed by atoms with Gasteiger partial charge in [-0.1, -0.05) is 30.3 Å². The normalized spacial score (nSPS) is 10.9. The van der Waals surface area contributed by atoms with Gasteiger partial charge in [-0.3, -0.25) is 19.1 Å². The van der Waals surface area contributed by atoms with Crippen LogP contribution < -0.4 is 21.9 Å². The van der Waals surface area contributed by atoms with E-state index in [0.29, 0.717) is 10.4 Å². The molecule has 0 saturated carbocycles. The first-order valence-electron chi connectivity index (χ1n) is 9.29. The number of esters is 1. The van der Waals surface area contributed by atoms with Gasteiger partial charge in [-0.25, -0.2) is 9.59 Å². The third kappa shape index (κ3) is 5.43. The van der Waals surface area contributed by atoms with Crippen molar-refractivity contribution in [1.29, 1.82) is 0 Å². The molecule has 166 valence electrons. The molecule has 2 heterocycles. The van der Waals surface area contributed by atoms with E-state index in [9.17, 15) is 19.2 Å². The summed E-state index contributed by atoms with van der Waals surface area (Å²) >= 11 is 3.14. The molecule has 1 amide bonds. The number of rotatable bonds is 7. The molecule has 2 aromatic heterocycles. The number of furan rings is 1. The van der Waals surface area contributed by atoms with Crippen molar-refractivity contribution >= 4 is 45.4 Å². The molecule has 3 N–H and O–H groups in total. The number of nitrogen functional groups attached to an aromatic ring is 1. The standard InChI is InChI=1S/C21H19BrN4O6/c1-25(16(27)12-31-17(28)10-8-14-7-9-15(22)32-14)18-19(23)26(21(30)24-20(18)29)11-13-5-3-2-4-6-13/h2-10H,11-12,23H2,1H3,(H,24,29,30)/b10-8+. The Morgan fingerprint density at radius 3 is 2.59 bits per heavy atom. The average Bonchev–Trinajstić information content (AvgIpc) is 3.19. The van der Waals surface area contributed by atoms with Crippen LogP contribution in [0.4, 0.5) is 11.5 Å². The Labute approximate surface area is 190 Å². The lowest BCUT2D eigenvalue weighted by atomic mass is 10.2. The van der Waals surface area contributed by atoms with Gasteiger partial charge in [0.15, 0.2) is 17.0 Å². The summed E-state index contributed by atoms with van der Waals surface area (Å²) in [7, 11) is 1.30. The molecule has 10 nitrogen and oxygen atoms in total. The van der Waals surface area contributed by atoms with E-state index in [4.69, 9.17) is 14.9 Å². The lowest BCUT2D eigenvalue weighted by Gasteiger charge is -2.20. The molecule has 0 bridgehead atoms. The summed E-state index contributed by atoms with van der Waals surface area (Å²) in [6.07, 6.45) is 2.48. The number of amides is 1. The summed E-state index contributed by atoms with van der Waals surface area (Å²) in [6.45, 7) is -0.543. The van der Waals surface area contributed by atoms with E-state index in [1.807, 2.05) is 6.07 Å². The van der Waals surface area contributed by atoms with Crippen LogP contribution in [0.2, 0.25) is 0 Å². The molecule has 3 rings (SSSR count). The van der Waals surface area contributed by atoms with Crippen molar-refractivity contribution in [3.05, 3.63) is 85.4 Å². The van der Waals surface area contributed by atoms with Gasteiger partial charge in [0.1, 0.15) is 11.6 Å². The number of carbonyl (C=O) groups is 2. The second-order valence-electron chi connectivity index (χ2n) is 6.60. The molecular weight excluding hydrogens is 484 g/mol. The van der Waals surface area contributed by atoms with Gasteiger partial charge in [0, 0.05) is 13.1 Å². The van der Waals surface area contributed by atoms with Gasteiger partial charge in [-0.2, -0.15) is 0 Å². The molecule has 0 unspecified atom stereocenters. The molecule has 0 aliphatic heterocycles. The summed E-state index contributed by atoms with van der Waals surface area (Å²) in [5.74, 6) is -1.27. The zero-order valence-electron chi connectivity index (χ0n) is 16.9. The van der Waals surface area contributed by atoms with Crippen LogP contribution in [0.5, 0.6) is 0 Å². The maximum absolute atomic E-state index is 12.5. The van der Waals surface area contributed by atoms with Crippen molar-refractivity contribution in [3.8, 4) is 0 Å². The van der Waals surface area contributed by atoms with Gasteiger partial charge >= 0.3 is 11.7 Å². The van der Waals surface area contributed by atoms with Gasteiger partial charge in [0.05, 0.1) is 6.54 Å². The first kappa shape index (κ1) is 22.8. The van der Waals surface area contributed by atoms with Crippen LogP contribution in [0.3, 0.4) is 0 Å². The van der Waals surface area contributed by atoms with Gasteiger partial charge in [0.25, 0.3) is 11.5 Å². The molecule has 0 atom stereocenters. The number of anilines is 2. The summed E-state index contributed by atoms with van der Waals surface area (Å²) in [6, 6.07) is 12.3. The zero-order valence-corrected chi connectivity index (χ0v) is 18.5. The fourth-order valence-corrected chi connectivity index (χ4v) is 3.11.